The molecule has 9 heteroatoms. The Kier molecular flexibility index (Phi) is 7.70. The average molecular weight is 484 g/mol. The smallest absolute Gasteiger partial charge is 0.259 e. The molecule has 3 rings (SSSR count). The number of carbonyl (C=O) groups is 2. The molecule has 30 heavy (non-hydrogen) atoms. The minimum atomic E-state index is -0.341. The fourth-order valence-electron chi connectivity index (χ4n) is 3.91. The Balaban J connectivity index is 1.84. The van der Waals surface area contributed by atoms with E-state index in [1.165, 1.54) is 0 Å². The molecule has 1 saturated heterocycles. The highest BCUT2D eigenvalue weighted by molar-refractivity contribution is 9.10. The first-order valence-electron chi connectivity index (χ1n) is 10.4. The quantitative estimate of drug-likeness (QED) is 0.687. The number of carbonyl (C=O) groups excluding carboxylic acids is 2. The van der Waals surface area contributed by atoms with Gasteiger partial charge in [0.05, 0.1) is 19.2 Å². The molecule has 166 valence electrons. The van der Waals surface area contributed by atoms with Gasteiger partial charge in [0.25, 0.3) is 5.91 Å². The third kappa shape index (κ3) is 5.12. The van der Waals surface area contributed by atoms with Crippen molar-refractivity contribution in [1.29, 1.82) is 0 Å². The Morgan fingerprint density at radius 1 is 1.43 bits per heavy atom. The Morgan fingerprint density at radius 2 is 2.13 bits per heavy atom. The summed E-state index contributed by atoms with van der Waals surface area (Å²) in [6.07, 6.45) is 2.72. The summed E-state index contributed by atoms with van der Waals surface area (Å²) in [5, 5.41) is 9.67. The van der Waals surface area contributed by atoms with Gasteiger partial charge in [0.1, 0.15) is 11.7 Å². The van der Waals surface area contributed by atoms with Crippen LogP contribution in [0.15, 0.2) is 16.7 Å². The molecule has 1 fully saturated rings. The maximum atomic E-state index is 13.1. The van der Waals surface area contributed by atoms with Crippen LogP contribution < -0.4 is 4.74 Å². The molecule has 0 spiro atoms. The Bertz CT molecular complexity index is 771. The molecule has 3 atom stereocenters. The van der Waals surface area contributed by atoms with E-state index in [1.807, 2.05) is 13.8 Å². The maximum Gasteiger partial charge on any atom is 0.259 e. The number of hydrogen-bond donors (Lipinski definition) is 1. The van der Waals surface area contributed by atoms with Gasteiger partial charge < -0.3 is 24.4 Å². The number of hydrogen-bond acceptors (Lipinski definition) is 6. The van der Waals surface area contributed by atoms with E-state index < -0.39 is 0 Å². The monoisotopic (exact) mass is 483 g/mol. The highest BCUT2D eigenvalue weighted by atomic mass is 79.9. The zero-order valence-corrected chi connectivity index (χ0v) is 19.3. The van der Waals surface area contributed by atoms with Gasteiger partial charge in [0, 0.05) is 49.3 Å². The second kappa shape index (κ2) is 10.1. The Hall–Kier alpha value is -1.71. The van der Waals surface area contributed by atoms with Gasteiger partial charge in [-0.25, -0.2) is 4.98 Å². The molecule has 2 aliphatic heterocycles. The van der Waals surface area contributed by atoms with E-state index in [-0.39, 0.29) is 48.3 Å². The van der Waals surface area contributed by atoms with Crippen molar-refractivity contribution in [2.45, 2.75) is 38.8 Å². The van der Waals surface area contributed by atoms with Gasteiger partial charge >= 0.3 is 0 Å². The van der Waals surface area contributed by atoms with Gasteiger partial charge in [-0.15, -0.1) is 0 Å². The first kappa shape index (κ1) is 23.0. The summed E-state index contributed by atoms with van der Waals surface area (Å²) in [5.74, 6) is 0.0313. The van der Waals surface area contributed by atoms with Crippen molar-refractivity contribution >= 4 is 27.7 Å². The van der Waals surface area contributed by atoms with Crippen LogP contribution in [0, 0.1) is 11.8 Å². The molecule has 0 aliphatic carbocycles. The molecule has 1 aromatic heterocycles. The molecule has 8 nitrogen and oxygen atoms in total. The number of aliphatic hydroxyl groups is 1. The number of ether oxygens (including phenoxy) is 2. The highest BCUT2D eigenvalue weighted by Crippen LogP contribution is 2.29. The predicted octanol–water partition coefficient (Wildman–Crippen LogP) is 1.95. The predicted molar refractivity (Wildman–Crippen MR) is 114 cm³/mol. The second-order valence-electron chi connectivity index (χ2n) is 8.23. The minimum absolute atomic E-state index is 0.0264. The van der Waals surface area contributed by atoms with E-state index in [2.05, 4.69) is 20.9 Å². The molecular weight excluding hydrogens is 454 g/mol. The number of fused-ring (bicyclic) bond motifs is 1. The SMILES string of the molecule is C[C@H](CO)N1C[C@H](C)[C@@H](CN(C)C(=O)C2CCOCC2)Oc2ncc(Br)cc2C1=O. The molecule has 0 aromatic carbocycles. The van der Waals surface area contributed by atoms with E-state index in [4.69, 9.17) is 9.47 Å². The lowest BCUT2D eigenvalue weighted by atomic mass is 9.97. The van der Waals surface area contributed by atoms with Crippen LogP contribution in [0.2, 0.25) is 0 Å². The molecule has 2 amide bonds. The van der Waals surface area contributed by atoms with E-state index in [9.17, 15) is 14.7 Å². The van der Waals surface area contributed by atoms with Gasteiger partial charge in [0.2, 0.25) is 11.8 Å². The van der Waals surface area contributed by atoms with Gasteiger partial charge in [-0.3, -0.25) is 9.59 Å². The normalized spacial score (nSPS) is 23.8. The lowest BCUT2D eigenvalue weighted by Gasteiger charge is -2.38. The van der Waals surface area contributed by atoms with Gasteiger partial charge in [-0.1, -0.05) is 6.92 Å². The van der Waals surface area contributed by atoms with Crippen molar-refractivity contribution in [3.05, 3.63) is 22.3 Å². The van der Waals surface area contributed by atoms with Crippen molar-refractivity contribution in [2.75, 3.05) is 40.0 Å². The van der Waals surface area contributed by atoms with Crippen LogP contribution in [-0.2, 0) is 9.53 Å². The zero-order valence-electron chi connectivity index (χ0n) is 17.7. The lowest BCUT2D eigenvalue weighted by Crippen LogP contribution is -2.51. The fourth-order valence-corrected chi connectivity index (χ4v) is 4.24. The van der Waals surface area contributed by atoms with Gasteiger partial charge in [-0.2, -0.15) is 0 Å². The van der Waals surface area contributed by atoms with E-state index in [0.29, 0.717) is 36.3 Å². The van der Waals surface area contributed by atoms with Crippen LogP contribution in [-0.4, -0.2) is 83.8 Å². The number of halogens is 1. The van der Waals surface area contributed by atoms with Crippen molar-refractivity contribution in [3.63, 3.8) is 0 Å². The first-order valence-corrected chi connectivity index (χ1v) is 11.2. The zero-order chi connectivity index (χ0) is 21.8. The van der Waals surface area contributed by atoms with Crippen LogP contribution in [0.1, 0.15) is 37.0 Å². The molecular formula is C21H30BrN3O5. The lowest BCUT2D eigenvalue weighted by molar-refractivity contribution is -0.138. The summed E-state index contributed by atoms with van der Waals surface area (Å²) in [4.78, 5) is 33.7. The summed E-state index contributed by atoms with van der Waals surface area (Å²) in [7, 11) is 1.79. The minimum Gasteiger partial charge on any atom is -0.472 e. The molecule has 2 aliphatic rings. The summed E-state index contributed by atoms with van der Waals surface area (Å²) in [5.41, 5.74) is 0.347. The molecule has 0 radical (unpaired) electrons. The third-order valence-corrected chi connectivity index (χ3v) is 6.32. The van der Waals surface area contributed by atoms with E-state index >= 15 is 0 Å². The number of pyridine rings is 1. The molecule has 0 unspecified atom stereocenters. The molecule has 0 bridgehead atoms. The van der Waals surface area contributed by atoms with Crippen molar-refractivity contribution in [1.82, 2.24) is 14.8 Å². The highest BCUT2D eigenvalue weighted by Gasteiger charge is 2.35. The van der Waals surface area contributed by atoms with Crippen molar-refractivity contribution in [2.24, 2.45) is 11.8 Å². The second-order valence-corrected chi connectivity index (χ2v) is 9.15. The van der Waals surface area contributed by atoms with Crippen LogP contribution >= 0.6 is 15.9 Å². The van der Waals surface area contributed by atoms with E-state index in [1.54, 1.807) is 29.1 Å². The molecule has 1 aromatic rings. The number of nitrogens with zero attached hydrogens (tertiary/aromatic N) is 3. The number of aromatic nitrogens is 1. The Morgan fingerprint density at radius 3 is 2.80 bits per heavy atom. The van der Waals surface area contributed by atoms with Crippen LogP contribution in [0.25, 0.3) is 0 Å². The van der Waals surface area contributed by atoms with Crippen LogP contribution in [0.5, 0.6) is 5.88 Å². The summed E-state index contributed by atoms with van der Waals surface area (Å²) in [6, 6.07) is 1.35. The van der Waals surface area contributed by atoms with Crippen LogP contribution in [0.3, 0.4) is 0 Å². The molecule has 0 saturated carbocycles. The van der Waals surface area contributed by atoms with Crippen LogP contribution in [0.4, 0.5) is 0 Å². The number of rotatable bonds is 5. The van der Waals surface area contributed by atoms with Crippen molar-refractivity contribution < 1.29 is 24.2 Å². The van der Waals surface area contributed by atoms with Gasteiger partial charge in [0.15, 0.2) is 0 Å². The summed E-state index contributed by atoms with van der Waals surface area (Å²) in [6.45, 7) is 5.70. The number of aliphatic hydroxyl groups excluding tert-OH is 1. The number of likely N-dealkylation sites (N-methyl/N-ethyl adjacent to an activating group) is 1. The topological polar surface area (TPSA) is 92.2 Å². The number of amides is 2. The van der Waals surface area contributed by atoms with E-state index in [0.717, 1.165) is 12.8 Å². The first-order chi connectivity index (χ1) is 14.3. The molecule has 3 heterocycles. The largest absolute Gasteiger partial charge is 0.472 e. The third-order valence-electron chi connectivity index (χ3n) is 5.89. The Labute approximate surface area is 185 Å². The van der Waals surface area contributed by atoms with Crippen molar-refractivity contribution in [3.8, 4) is 5.88 Å². The molecule has 1 N–H and O–H groups in total. The average Bonchev–Trinajstić information content (AvgIpc) is 2.76. The maximum absolute atomic E-state index is 13.1. The van der Waals surface area contributed by atoms with Gasteiger partial charge in [-0.05, 0) is 41.8 Å². The fraction of sp³-hybridized carbons (Fsp3) is 0.667. The summed E-state index contributed by atoms with van der Waals surface area (Å²) < 4.78 is 12.2. The standard InChI is InChI=1S/C21H30BrN3O5/c1-13-10-25(14(2)12-26)21(28)17-8-16(22)9-23-19(17)30-18(13)11-24(3)20(27)15-4-6-29-7-5-15/h8-9,13-15,18,26H,4-7,10-12H2,1-3H3/t13-,14+,18+/m0/s1. The summed E-state index contributed by atoms with van der Waals surface area (Å²) >= 11 is 3.37.